The normalized spacial score (nSPS) is 10.7. The first-order valence-electron chi connectivity index (χ1n) is 11.1. The van der Waals surface area contributed by atoms with Crippen LogP contribution in [-0.4, -0.2) is 24.0 Å². The van der Waals surface area contributed by atoms with Gasteiger partial charge in [0.05, 0.1) is 28.1 Å². The molecule has 0 saturated heterocycles. The number of benzene rings is 4. The molecule has 0 saturated carbocycles. The van der Waals surface area contributed by atoms with E-state index in [4.69, 9.17) is 27.9 Å². The molecule has 2 amide bonds. The lowest BCUT2D eigenvalue weighted by Crippen LogP contribution is -2.21. The number of carbonyl (C=O) groups is 3. The zero-order valence-electron chi connectivity index (χ0n) is 19.5. The van der Waals surface area contributed by atoms with Crippen LogP contribution >= 0.6 is 39.1 Å². The van der Waals surface area contributed by atoms with Gasteiger partial charge < -0.3 is 10.1 Å². The molecule has 0 unspecified atom stereocenters. The highest BCUT2D eigenvalue weighted by Crippen LogP contribution is 2.24. The molecule has 0 aromatic heterocycles. The fraction of sp³-hybridized carbons (Fsp3) is 0. The van der Waals surface area contributed by atoms with Crippen LogP contribution in [0, 0.1) is 0 Å². The number of hydrogen-bond acceptors (Lipinski definition) is 5. The molecule has 0 aliphatic rings. The van der Waals surface area contributed by atoms with Crippen molar-refractivity contribution in [1.82, 2.24) is 5.43 Å². The Hall–Kier alpha value is -3.98. The molecule has 0 aliphatic carbocycles. The molecule has 2 N–H and O–H groups in total. The average molecular weight is 611 g/mol. The van der Waals surface area contributed by atoms with Gasteiger partial charge in [-0.15, -0.1) is 0 Å². The predicted molar refractivity (Wildman–Crippen MR) is 151 cm³/mol. The second kappa shape index (κ2) is 12.5. The number of halogens is 3. The number of para-hydroxylation sites is 2. The number of ether oxygens (including phenoxy) is 1. The van der Waals surface area contributed by atoms with E-state index in [0.29, 0.717) is 21.8 Å². The monoisotopic (exact) mass is 609 g/mol. The lowest BCUT2D eigenvalue weighted by atomic mass is 10.1. The molecule has 10 heteroatoms. The van der Waals surface area contributed by atoms with Crippen LogP contribution in [-0.2, 0) is 0 Å². The smallest absolute Gasteiger partial charge is 0.345 e. The number of hydrazone groups is 1. The van der Waals surface area contributed by atoms with Crippen LogP contribution in [0.2, 0.25) is 10.0 Å². The van der Waals surface area contributed by atoms with Crippen LogP contribution in [0.1, 0.15) is 36.6 Å². The molecule has 190 valence electrons. The van der Waals surface area contributed by atoms with Crippen molar-refractivity contribution in [1.29, 1.82) is 0 Å². The maximum absolute atomic E-state index is 12.8. The van der Waals surface area contributed by atoms with Crippen LogP contribution in [0.3, 0.4) is 0 Å². The van der Waals surface area contributed by atoms with E-state index in [2.05, 4.69) is 31.8 Å². The Morgan fingerprint density at radius 1 is 0.816 bits per heavy atom. The van der Waals surface area contributed by atoms with Crippen LogP contribution in [0.15, 0.2) is 101 Å². The van der Waals surface area contributed by atoms with E-state index in [0.717, 1.165) is 4.47 Å². The molecule has 4 rings (SSSR count). The summed E-state index contributed by atoms with van der Waals surface area (Å²) in [5, 5.41) is 7.30. The van der Waals surface area contributed by atoms with Gasteiger partial charge in [-0.05, 0) is 66.7 Å². The fourth-order valence-electron chi connectivity index (χ4n) is 3.30. The van der Waals surface area contributed by atoms with Gasteiger partial charge in [0.15, 0.2) is 0 Å². The lowest BCUT2D eigenvalue weighted by Gasteiger charge is -2.10. The highest BCUT2D eigenvalue weighted by atomic mass is 79.9. The number of nitrogens with one attached hydrogen (secondary N) is 2. The van der Waals surface area contributed by atoms with Gasteiger partial charge in [-0.1, -0.05) is 63.4 Å². The summed E-state index contributed by atoms with van der Waals surface area (Å²) < 4.78 is 6.33. The molecule has 0 aliphatic heterocycles. The summed E-state index contributed by atoms with van der Waals surface area (Å²) in [4.78, 5) is 38.1. The fourth-order valence-corrected chi connectivity index (χ4v) is 4.05. The van der Waals surface area contributed by atoms with Gasteiger partial charge in [0, 0.05) is 20.6 Å². The number of rotatable bonds is 7. The SMILES string of the molecule is O=C(Nc1ccccc1C(=O)N/N=C\c1ccccc1OC(=O)c1ccc(Cl)cc1Cl)c1ccc(Br)cc1. The van der Waals surface area contributed by atoms with E-state index in [1.807, 2.05) is 0 Å². The first-order valence-corrected chi connectivity index (χ1v) is 12.6. The molecule has 0 spiro atoms. The second-order valence-electron chi connectivity index (χ2n) is 7.76. The summed E-state index contributed by atoms with van der Waals surface area (Å²) in [6.07, 6.45) is 1.34. The molecular weight excluding hydrogens is 593 g/mol. The Labute approximate surface area is 236 Å². The topological polar surface area (TPSA) is 96.9 Å². The van der Waals surface area contributed by atoms with Crippen molar-refractivity contribution in [3.8, 4) is 5.75 Å². The summed E-state index contributed by atoms with van der Waals surface area (Å²) in [7, 11) is 0. The minimum Gasteiger partial charge on any atom is -0.422 e. The third-order valence-corrected chi connectivity index (χ3v) is 6.25. The molecule has 7 nitrogen and oxygen atoms in total. The van der Waals surface area contributed by atoms with Gasteiger partial charge in [0.1, 0.15) is 5.75 Å². The number of carbonyl (C=O) groups excluding carboxylic acids is 3. The number of nitrogens with zero attached hydrogens (tertiary/aromatic N) is 1. The maximum Gasteiger partial charge on any atom is 0.345 e. The van der Waals surface area contributed by atoms with Crippen LogP contribution < -0.4 is 15.5 Å². The van der Waals surface area contributed by atoms with Gasteiger partial charge in [-0.25, -0.2) is 10.2 Å². The standard InChI is InChI=1S/C28H18BrCl2N3O4/c29-19-11-9-17(10-12-19)26(35)33-24-7-3-2-6-22(24)27(36)34-32-16-18-5-1-4-8-25(18)38-28(37)21-14-13-20(30)15-23(21)31/h1-16H,(H,33,35)(H,34,36)/b32-16-. The van der Waals surface area contributed by atoms with Crippen molar-refractivity contribution in [3.05, 3.63) is 128 Å². The Morgan fingerprint density at radius 2 is 1.53 bits per heavy atom. The van der Waals surface area contributed by atoms with E-state index in [1.165, 1.54) is 24.4 Å². The van der Waals surface area contributed by atoms with Crippen molar-refractivity contribution in [2.45, 2.75) is 0 Å². The summed E-state index contributed by atoms with van der Waals surface area (Å²) in [5.74, 6) is -1.37. The Morgan fingerprint density at radius 3 is 2.29 bits per heavy atom. The number of hydrogen-bond donors (Lipinski definition) is 2. The molecule has 4 aromatic rings. The first-order chi connectivity index (χ1) is 18.3. The number of esters is 1. The van der Waals surface area contributed by atoms with E-state index in [9.17, 15) is 14.4 Å². The van der Waals surface area contributed by atoms with Crippen LogP contribution in [0.25, 0.3) is 0 Å². The van der Waals surface area contributed by atoms with Crippen LogP contribution in [0.5, 0.6) is 5.75 Å². The highest BCUT2D eigenvalue weighted by molar-refractivity contribution is 9.10. The Kier molecular flexibility index (Phi) is 8.91. The highest BCUT2D eigenvalue weighted by Gasteiger charge is 2.16. The Bertz CT molecular complexity index is 1540. The summed E-state index contributed by atoms with van der Waals surface area (Å²) in [6, 6.07) is 24.5. The maximum atomic E-state index is 12.8. The molecule has 0 fully saturated rings. The van der Waals surface area contributed by atoms with Crippen molar-refractivity contribution in [2.75, 3.05) is 5.32 Å². The predicted octanol–water partition coefficient (Wildman–Crippen LogP) is 6.99. The second-order valence-corrected chi connectivity index (χ2v) is 9.52. The van der Waals surface area contributed by atoms with Gasteiger partial charge in [0.25, 0.3) is 11.8 Å². The van der Waals surface area contributed by atoms with Crippen molar-refractivity contribution in [3.63, 3.8) is 0 Å². The van der Waals surface area contributed by atoms with E-state index in [-0.39, 0.29) is 27.8 Å². The molecule has 0 bridgehead atoms. The van der Waals surface area contributed by atoms with Gasteiger partial charge in [-0.2, -0.15) is 5.10 Å². The van der Waals surface area contributed by atoms with Crippen molar-refractivity contribution >= 4 is 68.8 Å². The van der Waals surface area contributed by atoms with Gasteiger partial charge in [0.2, 0.25) is 0 Å². The molecule has 0 atom stereocenters. The summed E-state index contributed by atoms with van der Waals surface area (Å²) in [6.45, 7) is 0. The molecule has 0 heterocycles. The average Bonchev–Trinajstić information content (AvgIpc) is 2.90. The number of anilines is 1. The quantitative estimate of drug-likeness (QED) is 0.102. The third kappa shape index (κ3) is 6.86. The lowest BCUT2D eigenvalue weighted by molar-refractivity contribution is 0.0734. The molecular formula is C28H18BrCl2N3O4. The van der Waals surface area contributed by atoms with Gasteiger partial charge >= 0.3 is 5.97 Å². The van der Waals surface area contributed by atoms with Crippen molar-refractivity contribution < 1.29 is 19.1 Å². The molecule has 38 heavy (non-hydrogen) atoms. The minimum absolute atomic E-state index is 0.151. The van der Waals surface area contributed by atoms with Crippen molar-refractivity contribution in [2.24, 2.45) is 5.10 Å². The van der Waals surface area contributed by atoms with E-state index in [1.54, 1.807) is 72.8 Å². The summed E-state index contributed by atoms with van der Waals surface area (Å²) in [5.41, 5.74) is 3.99. The zero-order chi connectivity index (χ0) is 27.1. The van der Waals surface area contributed by atoms with E-state index >= 15 is 0 Å². The van der Waals surface area contributed by atoms with Gasteiger partial charge in [-0.3, -0.25) is 9.59 Å². The molecule has 4 aromatic carbocycles. The minimum atomic E-state index is -0.674. The molecule has 0 radical (unpaired) electrons. The summed E-state index contributed by atoms with van der Waals surface area (Å²) >= 11 is 15.3. The first kappa shape index (κ1) is 27.1. The zero-order valence-corrected chi connectivity index (χ0v) is 22.5. The third-order valence-electron chi connectivity index (χ3n) is 5.17. The Balaban J connectivity index is 1.45. The number of amides is 2. The largest absolute Gasteiger partial charge is 0.422 e. The van der Waals surface area contributed by atoms with E-state index < -0.39 is 11.9 Å². The van der Waals surface area contributed by atoms with Crippen LogP contribution in [0.4, 0.5) is 5.69 Å².